The number of anilines is 1. The molecule has 1 saturated heterocycles. The summed E-state index contributed by atoms with van der Waals surface area (Å²) in [6.07, 6.45) is 4.16. The first-order valence-corrected chi connectivity index (χ1v) is 7.31. The molecule has 0 spiro atoms. The van der Waals surface area contributed by atoms with Crippen LogP contribution < -0.4 is 4.90 Å². The number of aromatic nitrogens is 3. The standard InChI is InChI=1S/C15H17ClN4/c1-11-3-2-8-20(10-11)15-18-14(9-17-19-15)12-4-6-13(16)7-5-12/h4-7,9,11H,2-3,8,10H2,1H3/t11-/m1/s1. The van der Waals surface area contributed by atoms with E-state index in [4.69, 9.17) is 11.6 Å². The molecular formula is C15H17ClN4. The number of nitrogens with zero attached hydrogens (tertiary/aromatic N) is 4. The maximum absolute atomic E-state index is 5.91. The lowest BCUT2D eigenvalue weighted by atomic mass is 10.0. The van der Waals surface area contributed by atoms with Gasteiger partial charge in [0.15, 0.2) is 0 Å². The molecule has 1 aromatic carbocycles. The van der Waals surface area contributed by atoms with Gasteiger partial charge in [0.2, 0.25) is 5.95 Å². The lowest BCUT2D eigenvalue weighted by molar-refractivity contribution is 0.441. The second kappa shape index (κ2) is 5.75. The van der Waals surface area contributed by atoms with Crippen molar-refractivity contribution in [2.24, 2.45) is 5.92 Å². The van der Waals surface area contributed by atoms with Crippen LogP contribution in [0.4, 0.5) is 5.95 Å². The van der Waals surface area contributed by atoms with E-state index in [-0.39, 0.29) is 0 Å². The molecule has 1 aromatic heterocycles. The molecular weight excluding hydrogens is 272 g/mol. The third-order valence-electron chi connectivity index (χ3n) is 3.63. The maximum atomic E-state index is 5.91. The Kier molecular flexibility index (Phi) is 3.83. The summed E-state index contributed by atoms with van der Waals surface area (Å²) in [6.45, 7) is 4.28. The molecule has 3 rings (SSSR count). The van der Waals surface area contributed by atoms with Gasteiger partial charge in [-0.3, -0.25) is 0 Å². The molecule has 20 heavy (non-hydrogen) atoms. The van der Waals surface area contributed by atoms with Crippen molar-refractivity contribution in [2.45, 2.75) is 19.8 Å². The third kappa shape index (κ3) is 2.90. The molecule has 1 fully saturated rings. The molecule has 0 saturated carbocycles. The van der Waals surface area contributed by atoms with Gasteiger partial charge >= 0.3 is 0 Å². The fourth-order valence-corrected chi connectivity index (χ4v) is 2.68. The summed E-state index contributed by atoms with van der Waals surface area (Å²) in [5.74, 6) is 1.41. The molecule has 5 heteroatoms. The van der Waals surface area contributed by atoms with Crippen LogP contribution in [0.5, 0.6) is 0 Å². The van der Waals surface area contributed by atoms with Crippen LogP contribution in [0.2, 0.25) is 5.02 Å². The Morgan fingerprint density at radius 2 is 2.05 bits per heavy atom. The Morgan fingerprint density at radius 1 is 1.25 bits per heavy atom. The summed E-state index contributed by atoms with van der Waals surface area (Å²) in [5.41, 5.74) is 1.85. The highest BCUT2D eigenvalue weighted by Gasteiger charge is 2.19. The van der Waals surface area contributed by atoms with Crippen LogP contribution in [0.1, 0.15) is 19.8 Å². The monoisotopic (exact) mass is 288 g/mol. The van der Waals surface area contributed by atoms with E-state index in [1.54, 1.807) is 6.20 Å². The summed E-state index contributed by atoms with van der Waals surface area (Å²) in [5, 5.41) is 9.00. The van der Waals surface area contributed by atoms with E-state index in [2.05, 4.69) is 27.0 Å². The lowest BCUT2D eigenvalue weighted by Gasteiger charge is -2.30. The molecule has 0 amide bonds. The van der Waals surface area contributed by atoms with Gasteiger partial charge in [-0.25, -0.2) is 4.98 Å². The molecule has 2 aromatic rings. The summed E-state index contributed by atoms with van der Waals surface area (Å²) < 4.78 is 0. The van der Waals surface area contributed by atoms with Crippen LogP contribution >= 0.6 is 11.6 Å². The first kappa shape index (κ1) is 13.3. The van der Waals surface area contributed by atoms with Crippen molar-refractivity contribution in [3.63, 3.8) is 0 Å². The van der Waals surface area contributed by atoms with E-state index in [1.165, 1.54) is 12.8 Å². The number of hydrogen-bond donors (Lipinski definition) is 0. The molecule has 104 valence electrons. The minimum Gasteiger partial charge on any atom is -0.339 e. The van der Waals surface area contributed by atoms with Crippen molar-refractivity contribution < 1.29 is 0 Å². The molecule has 1 aliphatic rings. The fourth-order valence-electron chi connectivity index (χ4n) is 2.56. The van der Waals surface area contributed by atoms with Crippen molar-refractivity contribution >= 4 is 17.5 Å². The summed E-state index contributed by atoms with van der Waals surface area (Å²) >= 11 is 5.91. The number of piperidine rings is 1. The van der Waals surface area contributed by atoms with Gasteiger partial charge in [-0.2, -0.15) is 5.10 Å². The van der Waals surface area contributed by atoms with Crippen molar-refractivity contribution in [1.82, 2.24) is 15.2 Å². The lowest BCUT2D eigenvalue weighted by Crippen LogP contribution is -2.35. The number of rotatable bonds is 2. The molecule has 0 N–H and O–H groups in total. The normalized spacial score (nSPS) is 19.1. The van der Waals surface area contributed by atoms with Gasteiger partial charge < -0.3 is 4.90 Å². The van der Waals surface area contributed by atoms with E-state index >= 15 is 0 Å². The first-order chi connectivity index (χ1) is 9.72. The van der Waals surface area contributed by atoms with Crippen molar-refractivity contribution in [1.29, 1.82) is 0 Å². The number of hydrogen-bond acceptors (Lipinski definition) is 4. The number of benzene rings is 1. The Balaban J connectivity index is 1.87. The average Bonchev–Trinajstić information content (AvgIpc) is 2.48. The Morgan fingerprint density at radius 3 is 2.80 bits per heavy atom. The zero-order chi connectivity index (χ0) is 13.9. The Labute approximate surface area is 123 Å². The zero-order valence-electron chi connectivity index (χ0n) is 11.5. The van der Waals surface area contributed by atoms with E-state index in [0.29, 0.717) is 5.92 Å². The van der Waals surface area contributed by atoms with Gasteiger partial charge in [0, 0.05) is 23.7 Å². The average molecular weight is 289 g/mol. The molecule has 0 unspecified atom stereocenters. The van der Waals surface area contributed by atoms with Crippen LogP contribution in [-0.4, -0.2) is 28.3 Å². The summed E-state index contributed by atoms with van der Waals surface area (Å²) in [4.78, 5) is 6.86. The molecule has 0 bridgehead atoms. The maximum Gasteiger partial charge on any atom is 0.245 e. The van der Waals surface area contributed by atoms with E-state index in [1.807, 2.05) is 24.3 Å². The smallest absolute Gasteiger partial charge is 0.245 e. The van der Waals surface area contributed by atoms with E-state index in [0.717, 1.165) is 35.3 Å². The predicted molar refractivity (Wildman–Crippen MR) is 80.9 cm³/mol. The fraction of sp³-hybridized carbons (Fsp3) is 0.400. The summed E-state index contributed by atoms with van der Waals surface area (Å²) in [7, 11) is 0. The van der Waals surface area contributed by atoms with E-state index in [9.17, 15) is 0 Å². The largest absolute Gasteiger partial charge is 0.339 e. The van der Waals surface area contributed by atoms with Gasteiger partial charge in [0.05, 0.1) is 11.9 Å². The minimum absolute atomic E-state index is 0.687. The van der Waals surface area contributed by atoms with Crippen LogP contribution in [0.25, 0.3) is 11.3 Å². The predicted octanol–water partition coefficient (Wildman–Crippen LogP) is 3.43. The van der Waals surface area contributed by atoms with Gasteiger partial charge in [-0.05, 0) is 30.9 Å². The van der Waals surface area contributed by atoms with Crippen LogP contribution in [0.15, 0.2) is 30.5 Å². The molecule has 4 nitrogen and oxygen atoms in total. The van der Waals surface area contributed by atoms with Gasteiger partial charge in [-0.15, -0.1) is 5.10 Å². The van der Waals surface area contributed by atoms with Crippen LogP contribution in [0, 0.1) is 5.92 Å². The molecule has 0 radical (unpaired) electrons. The quantitative estimate of drug-likeness (QED) is 0.849. The SMILES string of the molecule is C[C@@H]1CCCN(c2nncc(-c3ccc(Cl)cc3)n2)C1. The van der Waals surface area contributed by atoms with Gasteiger partial charge in [0.25, 0.3) is 0 Å². The Bertz CT molecular complexity index is 585. The zero-order valence-corrected chi connectivity index (χ0v) is 12.2. The van der Waals surface area contributed by atoms with Crippen molar-refractivity contribution in [3.05, 3.63) is 35.5 Å². The van der Waals surface area contributed by atoms with E-state index < -0.39 is 0 Å². The second-order valence-corrected chi connectivity index (χ2v) is 5.78. The van der Waals surface area contributed by atoms with Gasteiger partial charge in [0.1, 0.15) is 0 Å². The highest BCUT2D eigenvalue weighted by atomic mass is 35.5. The molecule has 0 aliphatic carbocycles. The van der Waals surface area contributed by atoms with Crippen molar-refractivity contribution in [3.8, 4) is 11.3 Å². The molecule has 2 heterocycles. The minimum atomic E-state index is 0.687. The second-order valence-electron chi connectivity index (χ2n) is 5.34. The summed E-state index contributed by atoms with van der Waals surface area (Å²) in [6, 6.07) is 7.63. The number of halogens is 1. The molecule has 1 atom stereocenters. The van der Waals surface area contributed by atoms with Crippen molar-refractivity contribution in [2.75, 3.05) is 18.0 Å². The van der Waals surface area contributed by atoms with Crippen LogP contribution in [-0.2, 0) is 0 Å². The third-order valence-corrected chi connectivity index (χ3v) is 3.88. The highest BCUT2D eigenvalue weighted by Crippen LogP contribution is 2.23. The van der Waals surface area contributed by atoms with Crippen LogP contribution in [0.3, 0.4) is 0 Å². The highest BCUT2D eigenvalue weighted by molar-refractivity contribution is 6.30. The first-order valence-electron chi connectivity index (χ1n) is 6.93. The van der Waals surface area contributed by atoms with Gasteiger partial charge in [-0.1, -0.05) is 30.7 Å². The Hall–Kier alpha value is -1.68. The topological polar surface area (TPSA) is 41.9 Å². The molecule has 1 aliphatic heterocycles.